The molecule has 158 valence electrons. The highest BCUT2D eigenvalue weighted by Crippen LogP contribution is 2.36. The van der Waals surface area contributed by atoms with Crippen molar-refractivity contribution in [2.24, 2.45) is 17.1 Å². The molecule has 2 fully saturated rings. The molecule has 0 spiro atoms. The van der Waals surface area contributed by atoms with Gasteiger partial charge in [0.05, 0.1) is 5.41 Å². The molecule has 1 saturated carbocycles. The smallest absolute Gasteiger partial charge is 0.225 e. The molecule has 1 aliphatic carbocycles. The first kappa shape index (κ1) is 20.6. The maximum absolute atomic E-state index is 13.1. The van der Waals surface area contributed by atoms with Crippen molar-refractivity contribution >= 4 is 11.8 Å². The van der Waals surface area contributed by atoms with Crippen LogP contribution in [0, 0.1) is 11.3 Å². The average Bonchev–Trinajstić information content (AvgIpc) is 2.80. The van der Waals surface area contributed by atoms with Gasteiger partial charge in [-0.1, -0.05) is 49.6 Å². The number of carbonyl (C=O) groups is 2. The summed E-state index contributed by atoms with van der Waals surface area (Å²) >= 11 is 0. The van der Waals surface area contributed by atoms with Gasteiger partial charge in [-0.2, -0.15) is 0 Å². The zero-order valence-corrected chi connectivity index (χ0v) is 17.6. The first-order valence-corrected chi connectivity index (χ1v) is 11.2. The molecular formula is C25H31N3O2. The van der Waals surface area contributed by atoms with E-state index in [1.54, 1.807) is 6.20 Å². The summed E-state index contributed by atoms with van der Waals surface area (Å²) in [7, 11) is 0. The van der Waals surface area contributed by atoms with Gasteiger partial charge in [0.25, 0.3) is 0 Å². The van der Waals surface area contributed by atoms with Crippen LogP contribution >= 0.6 is 0 Å². The monoisotopic (exact) mass is 405 g/mol. The van der Waals surface area contributed by atoms with Gasteiger partial charge in [-0.15, -0.1) is 0 Å². The second kappa shape index (κ2) is 8.99. The predicted molar refractivity (Wildman–Crippen MR) is 117 cm³/mol. The van der Waals surface area contributed by atoms with E-state index in [1.807, 2.05) is 35.4 Å². The zero-order valence-electron chi connectivity index (χ0n) is 17.6. The van der Waals surface area contributed by atoms with E-state index < -0.39 is 5.41 Å². The molecule has 2 heterocycles. The van der Waals surface area contributed by atoms with Crippen LogP contribution in [0.15, 0.2) is 48.8 Å². The molecule has 1 atom stereocenters. The highest BCUT2D eigenvalue weighted by Gasteiger charge is 2.43. The molecule has 30 heavy (non-hydrogen) atoms. The number of pyridine rings is 1. The van der Waals surface area contributed by atoms with Crippen molar-refractivity contribution in [2.45, 2.75) is 51.4 Å². The molecule has 1 aliphatic heterocycles. The standard InChI is InChI=1S/C25H31N3O2/c26-24(30)25(12-6-14-28(18-25)23(29)20-8-2-1-3-9-20)16-19-7-4-10-21(15-19)22-11-5-13-27-17-22/h4-5,7,10-11,13,15,17,20H,1-3,6,8-9,12,14,16,18H2,(H2,26,30). The number of amides is 2. The molecule has 1 unspecified atom stereocenters. The number of likely N-dealkylation sites (tertiary alicyclic amines) is 1. The quantitative estimate of drug-likeness (QED) is 0.818. The third-order valence-electron chi connectivity index (χ3n) is 6.83. The molecular weight excluding hydrogens is 374 g/mol. The van der Waals surface area contributed by atoms with Crippen LogP contribution in [0.4, 0.5) is 0 Å². The lowest BCUT2D eigenvalue weighted by Crippen LogP contribution is -2.54. The zero-order chi connectivity index (χ0) is 21.0. The summed E-state index contributed by atoms with van der Waals surface area (Å²) in [6.07, 6.45) is 11.2. The van der Waals surface area contributed by atoms with Gasteiger partial charge >= 0.3 is 0 Å². The first-order valence-electron chi connectivity index (χ1n) is 11.2. The Balaban J connectivity index is 1.54. The second-order valence-corrected chi connectivity index (χ2v) is 8.96. The highest BCUT2D eigenvalue weighted by molar-refractivity contribution is 5.84. The van der Waals surface area contributed by atoms with Crippen molar-refractivity contribution in [2.75, 3.05) is 13.1 Å². The lowest BCUT2D eigenvalue weighted by Gasteiger charge is -2.42. The lowest BCUT2D eigenvalue weighted by molar-refractivity contribution is -0.143. The third kappa shape index (κ3) is 4.40. The van der Waals surface area contributed by atoms with Crippen LogP contribution in [-0.4, -0.2) is 34.8 Å². The molecule has 0 bridgehead atoms. The van der Waals surface area contributed by atoms with Gasteiger partial charge in [0.2, 0.25) is 11.8 Å². The number of aromatic nitrogens is 1. The first-order chi connectivity index (χ1) is 14.6. The van der Waals surface area contributed by atoms with Crippen molar-refractivity contribution in [3.05, 3.63) is 54.4 Å². The van der Waals surface area contributed by atoms with E-state index in [-0.39, 0.29) is 17.7 Å². The van der Waals surface area contributed by atoms with Gasteiger partial charge in [-0.05, 0) is 54.9 Å². The minimum atomic E-state index is -0.698. The Hall–Kier alpha value is -2.69. The van der Waals surface area contributed by atoms with Crippen molar-refractivity contribution < 1.29 is 9.59 Å². The van der Waals surface area contributed by atoms with Crippen molar-refractivity contribution in [1.29, 1.82) is 0 Å². The van der Waals surface area contributed by atoms with Crippen molar-refractivity contribution in [1.82, 2.24) is 9.88 Å². The fraction of sp³-hybridized carbons (Fsp3) is 0.480. The Morgan fingerprint density at radius 2 is 1.87 bits per heavy atom. The van der Waals surface area contributed by atoms with Crippen molar-refractivity contribution in [3.8, 4) is 11.1 Å². The Morgan fingerprint density at radius 1 is 1.07 bits per heavy atom. The van der Waals surface area contributed by atoms with Crippen LogP contribution < -0.4 is 5.73 Å². The Bertz CT molecular complexity index is 892. The Labute approximate surface area is 178 Å². The molecule has 1 saturated heterocycles. The number of rotatable bonds is 5. The average molecular weight is 406 g/mol. The topological polar surface area (TPSA) is 76.3 Å². The molecule has 1 aromatic heterocycles. The molecule has 5 nitrogen and oxygen atoms in total. The molecule has 2 aliphatic rings. The number of piperidine rings is 1. The summed E-state index contributed by atoms with van der Waals surface area (Å²) in [6, 6.07) is 12.2. The maximum atomic E-state index is 13.1. The molecule has 4 rings (SSSR count). The Morgan fingerprint density at radius 3 is 2.60 bits per heavy atom. The van der Waals surface area contributed by atoms with Gasteiger partial charge in [-0.25, -0.2) is 0 Å². The number of benzene rings is 1. The summed E-state index contributed by atoms with van der Waals surface area (Å²) in [6.45, 7) is 1.18. The Kier molecular flexibility index (Phi) is 6.16. The highest BCUT2D eigenvalue weighted by atomic mass is 16.2. The fourth-order valence-corrected chi connectivity index (χ4v) is 5.15. The van der Waals surface area contributed by atoms with Gasteiger partial charge in [0.15, 0.2) is 0 Å². The van der Waals surface area contributed by atoms with Crippen LogP contribution in [0.3, 0.4) is 0 Å². The molecule has 2 aromatic rings. The van der Waals surface area contributed by atoms with Gasteiger partial charge in [0, 0.05) is 31.4 Å². The van der Waals surface area contributed by atoms with Crippen LogP contribution in [-0.2, 0) is 16.0 Å². The van der Waals surface area contributed by atoms with E-state index in [1.165, 1.54) is 6.42 Å². The number of primary amides is 1. The summed E-state index contributed by atoms with van der Waals surface area (Å²) in [5.74, 6) is 0.0518. The molecule has 2 N–H and O–H groups in total. The predicted octanol–water partition coefficient (Wildman–Crippen LogP) is 3.97. The maximum Gasteiger partial charge on any atom is 0.225 e. The number of nitrogens with zero attached hydrogens (tertiary/aromatic N) is 2. The fourth-order valence-electron chi connectivity index (χ4n) is 5.15. The summed E-state index contributed by atoms with van der Waals surface area (Å²) < 4.78 is 0. The van der Waals surface area contributed by atoms with Gasteiger partial charge < -0.3 is 10.6 Å². The second-order valence-electron chi connectivity index (χ2n) is 8.96. The van der Waals surface area contributed by atoms with Crippen molar-refractivity contribution in [3.63, 3.8) is 0 Å². The molecule has 0 radical (unpaired) electrons. The normalized spacial score (nSPS) is 22.6. The summed E-state index contributed by atoms with van der Waals surface area (Å²) in [5, 5.41) is 0. The van der Waals surface area contributed by atoms with E-state index in [9.17, 15) is 9.59 Å². The number of hydrogen-bond donors (Lipinski definition) is 1. The van der Waals surface area contributed by atoms with E-state index in [0.717, 1.165) is 61.8 Å². The van der Waals surface area contributed by atoms with Gasteiger partial charge in [0.1, 0.15) is 0 Å². The van der Waals surface area contributed by atoms with E-state index >= 15 is 0 Å². The number of carbonyl (C=O) groups excluding carboxylic acids is 2. The SMILES string of the molecule is NC(=O)C1(Cc2cccc(-c3cccnc3)c2)CCCN(C(=O)C2CCCCC2)C1. The van der Waals surface area contributed by atoms with Crippen LogP contribution in [0.2, 0.25) is 0 Å². The molecule has 1 aromatic carbocycles. The molecule has 5 heteroatoms. The minimum absolute atomic E-state index is 0.122. The van der Waals surface area contributed by atoms with E-state index in [4.69, 9.17) is 5.73 Å². The van der Waals surface area contributed by atoms with Gasteiger partial charge in [-0.3, -0.25) is 14.6 Å². The van der Waals surface area contributed by atoms with Crippen LogP contribution in [0.25, 0.3) is 11.1 Å². The summed E-state index contributed by atoms with van der Waals surface area (Å²) in [5.41, 5.74) is 8.45. The third-order valence-corrected chi connectivity index (χ3v) is 6.83. The van der Waals surface area contributed by atoms with E-state index in [0.29, 0.717) is 13.0 Å². The summed E-state index contributed by atoms with van der Waals surface area (Å²) in [4.78, 5) is 31.9. The van der Waals surface area contributed by atoms with E-state index in [2.05, 4.69) is 17.1 Å². The molecule has 2 amide bonds. The number of nitrogens with two attached hydrogens (primary N) is 1. The minimum Gasteiger partial charge on any atom is -0.369 e. The van der Waals surface area contributed by atoms with Crippen LogP contribution in [0.5, 0.6) is 0 Å². The largest absolute Gasteiger partial charge is 0.369 e. The lowest BCUT2D eigenvalue weighted by atomic mass is 9.73. The number of hydrogen-bond acceptors (Lipinski definition) is 3. The van der Waals surface area contributed by atoms with Crippen LogP contribution in [0.1, 0.15) is 50.5 Å².